The largest absolute Gasteiger partial charge is 0.497 e. The van der Waals surface area contributed by atoms with E-state index in [1.807, 2.05) is 6.07 Å². The number of thiophene rings is 1. The number of carbonyl (C=O) groups excluding carboxylic acids is 1. The molecule has 23 heavy (non-hydrogen) atoms. The van der Waals surface area contributed by atoms with Crippen LogP contribution in [-0.2, 0) is 12.8 Å². The highest BCUT2D eigenvalue weighted by molar-refractivity contribution is 7.14. The van der Waals surface area contributed by atoms with Crippen LogP contribution in [0.4, 0.5) is 5.69 Å². The smallest absolute Gasteiger partial charge is 0.265 e. The number of aryl methyl sites for hydroxylation is 1. The van der Waals surface area contributed by atoms with Gasteiger partial charge in [0.05, 0.1) is 24.8 Å². The van der Waals surface area contributed by atoms with Crippen LogP contribution in [0.2, 0.25) is 0 Å². The fourth-order valence-electron chi connectivity index (χ4n) is 2.90. The van der Waals surface area contributed by atoms with Gasteiger partial charge in [0, 0.05) is 10.9 Å². The number of ether oxygens (including phenoxy) is 2. The first kappa shape index (κ1) is 15.9. The van der Waals surface area contributed by atoms with E-state index < -0.39 is 0 Å². The van der Waals surface area contributed by atoms with Gasteiger partial charge < -0.3 is 14.8 Å². The molecule has 0 aliphatic heterocycles. The molecular weight excluding hydrogens is 310 g/mol. The van der Waals surface area contributed by atoms with Crippen molar-refractivity contribution in [3.05, 3.63) is 39.6 Å². The van der Waals surface area contributed by atoms with E-state index in [0.29, 0.717) is 23.1 Å². The maximum Gasteiger partial charge on any atom is 0.265 e. The summed E-state index contributed by atoms with van der Waals surface area (Å²) >= 11 is 1.61. The predicted octanol–water partition coefficient (Wildman–Crippen LogP) is 4.14. The van der Waals surface area contributed by atoms with Gasteiger partial charge in [0.1, 0.15) is 11.5 Å². The average molecular weight is 331 g/mol. The van der Waals surface area contributed by atoms with Gasteiger partial charge in [0.2, 0.25) is 0 Å². The van der Waals surface area contributed by atoms with Gasteiger partial charge in [-0.3, -0.25) is 4.79 Å². The number of fused-ring (bicyclic) bond motifs is 1. The summed E-state index contributed by atoms with van der Waals surface area (Å²) in [7, 11) is 3.18. The number of hydrogen-bond donors (Lipinski definition) is 1. The van der Waals surface area contributed by atoms with Crippen LogP contribution in [0.1, 0.15) is 33.5 Å². The Morgan fingerprint density at radius 1 is 1.26 bits per heavy atom. The Bertz CT molecular complexity index is 723. The van der Waals surface area contributed by atoms with Crippen LogP contribution < -0.4 is 14.8 Å². The molecule has 1 aliphatic rings. The molecule has 3 rings (SSSR count). The van der Waals surface area contributed by atoms with Crippen molar-refractivity contribution in [2.24, 2.45) is 5.92 Å². The van der Waals surface area contributed by atoms with Crippen LogP contribution in [0.25, 0.3) is 0 Å². The van der Waals surface area contributed by atoms with Crippen molar-refractivity contribution >= 4 is 22.9 Å². The van der Waals surface area contributed by atoms with Crippen molar-refractivity contribution in [1.82, 2.24) is 0 Å². The topological polar surface area (TPSA) is 47.6 Å². The third kappa shape index (κ3) is 3.34. The van der Waals surface area contributed by atoms with E-state index >= 15 is 0 Å². The highest BCUT2D eigenvalue weighted by atomic mass is 32.1. The molecule has 1 aromatic heterocycles. The number of benzene rings is 1. The quantitative estimate of drug-likeness (QED) is 0.916. The molecule has 0 spiro atoms. The zero-order valence-electron chi connectivity index (χ0n) is 13.6. The van der Waals surface area contributed by atoms with Crippen molar-refractivity contribution in [2.75, 3.05) is 19.5 Å². The molecule has 0 bridgehead atoms. The molecule has 1 heterocycles. The van der Waals surface area contributed by atoms with E-state index in [1.165, 1.54) is 16.9 Å². The number of carbonyl (C=O) groups is 1. The summed E-state index contributed by atoms with van der Waals surface area (Å²) in [4.78, 5) is 14.7. The molecular formula is C18H21NO3S. The molecule has 0 fully saturated rings. The van der Waals surface area contributed by atoms with Gasteiger partial charge in [-0.2, -0.15) is 0 Å². The lowest BCUT2D eigenvalue weighted by atomic mass is 9.90. The molecule has 1 N–H and O–H groups in total. The van der Waals surface area contributed by atoms with E-state index in [2.05, 4.69) is 12.2 Å². The zero-order chi connectivity index (χ0) is 16.4. The number of rotatable bonds is 4. The summed E-state index contributed by atoms with van der Waals surface area (Å²) in [6.07, 6.45) is 3.37. The fourth-order valence-corrected chi connectivity index (χ4v) is 4.01. The second-order valence-electron chi connectivity index (χ2n) is 5.93. The first-order chi connectivity index (χ1) is 11.1. The normalized spacial score (nSPS) is 16.6. The Balaban J connectivity index is 1.80. The van der Waals surface area contributed by atoms with Gasteiger partial charge in [-0.25, -0.2) is 0 Å². The third-order valence-electron chi connectivity index (χ3n) is 4.21. The van der Waals surface area contributed by atoms with Crippen molar-refractivity contribution < 1.29 is 14.3 Å². The molecule has 4 nitrogen and oxygen atoms in total. The van der Waals surface area contributed by atoms with Crippen molar-refractivity contribution in [1.29, 1.82) is 0 Å². The molecule has 1 aliphatic carbocycles. The molecule has 0 unspecified atom stereocenters. The molecule has 0 saturated heterocycles. The van der Waals surface area contributed by atoms with Crippen LogP contribution in [0.15, 0.2) is 24.3 Å². The van der Waals surface area contributed by atoms with E-state index in [-0.39, 0.29) is 5.91 Å². The monoisotopic (exact) mass is 331 g/mol. The third-order valence-corrected chi connectivity index (χ3v) is 5.45. The molecule has 0 saturated carbocycles. The number of methoxy groups -OCH3 is 2. The van der Waals surface area contributed by atoms with E-state index in [4.69, 9.17) is 9.47 Å². The van der Waals surface area contributed by atoms with Gasteiger partial charge in [-0.15, -0.1) is 11.3 Å². The Kier molecular flexibility index (Phi) is 4.57. The first-order valence-corrected chi connectivity index (χ1v) is 8.57. The average Bonchev–Trinajstić information content (AvgIpc) is 2.98. The first-order valence-electron chi connectivity index (χ1n) is 7.75. The van der Waals surface area contributed by atoms with Crippen molar-refractivity contribution in [2.45, 2.75) is 26.2 Å². The number of hydrogen-bond acceptors (Lipinski definition) is 4. The highest BCUT2D eigenvalue weighted by Crippen LogP contribution is 2.34. The van der Waals surface area contributed by atoms with Crippen LogP contribution in [0.5, 0.6) is 11.5 Å². The second-order valence-corrected chi connectivity index (χ2v) is 7.06. The number of anilines is 1. The molecule has 122 valence electrons. The van der Waals surface area contributed by atoms with Gasteiger partial charge in [0.15, 0.2) is 0 Å². The Morgan fingerprint density at radius 2 is 2.09 bits per heavy atom. The summed E-state index contributed by atoms with van der Waals surface area (Å²) in [6.45, 7) is 2.27. The number of amides is 1. The minimum absolute atomic E-state index is 0.0829. The van der Waals surface area contributed by atoms with Crippen LogP contribution in [0.3, 0.4) is 0 Å². The Hall–Kier alpha value is -2.01. The molecule has 1 aromatic carbocycles. The fraction of sp³-hybridized carbons (Fsp3) is 0.389. The minimum Gasteiger partial charge on any atom is -0.497 e. The van der Waals surface area contributed by atoms with Crippen LogP contribution in [0, 0.1) is 5.92 Å². The lowest BCUT2D eigenvalue weighted by Gasteiger charge is -2.16. The lowest BCUT2D eigenvalue weighted by molar-refractivity contribution is 0.103. The van der Waals surface area contributed by atoms with Crippen molar-refractivity contribution in [3.8, 4) is 11.5 Å². The Morgan fingerprint density at radius 3 is 2.83 bits per heavy atom. The summed E-state index contributed by atoms with van der Waals surface area (Å²) < 4.78 is 10.5. The Labute approximate surface area is 140 Å². The van der Waals surface area contributed by atoms with E-state index in [0.717, 1.165) is 17.7 Å². The zero-order valence-corrected chi connectivity index (χ0v) is 14.5. The molecule has 1 amide bonds. The van der Waals surface area contributed by atoms with Gasteiger partial charge in [0.25, 0.3) is 5.91 Å². The maximum atomic E-state index is 12.5. The van der Waals surface area contributed by atoms with E-state index in [1.54, 1.807) is 43.8 Å². The van der Waals surface area contributed by atoms with Crippen LogP contribution in [-0.4, -0.2) is 20.1 Å². The van der Waals surface area contributed by atoms with Crippen LogP contribution >= 0.6 is 11.3 Å². The predicted molar refractivity (Wildman–Crippen MR) is 93.0 cm³/mol. The molecule has 0 radical (unpaired) electrons. The van der Waals surface area contributed by atoms with Gasteiger partial charge in [-0.05, 0) is 48.9 Å². The maximum absolute atomic E-state index is 12.5. The summed E-state index contributed by atoms with van der Waals surface area (Å²) in [6, 6.07) is 7.40. The summed E-state index contributed by atoms with van der Waals surface area (Å²) in [5.74, 6) is 1.91. The van der Waals surface area contributed by atoms with Crippen molar-refractivity contribution in [3.63, 3.8) is 0 Å². The molecule has 5 heteroatoms. The lowest BCUT2D eigenvalue weighted by Crippen LogP contribution is -2.11. The van der Waals surface area contributed by atoms with Gasteiger partial charge >= 0.3 is 0 Å². The molecule has 1 atom stereocenters. The SMILES string of the molecule is COc1ccc(NC(=O)c2cc3c(s2)CC[C@H](C)C3)c(OC)c1. The van der Waals surface area contributed by atoms with Gasteiger partial charge in [-0.1, -0.05) is 6.92 Å². The second kappa shape index (κ2) is 6.62. The highest BCUT2D eigenvalue weighted by Gasteiger charge is 2.21. The molecule has 2 aromatic rings. The minimum atomic E-state index is -0.0829. The number of nitrogens with one attached hydrogen (secondary N) is 1. The van der Waals surface area contributed by atoms with E-state index in [9.17, 15) is 4.79 Å². The standard InChI is InChI=1S/C18H21NO3S/c1-11-4-7-16-12(8-11)9-17(23-16)18(20)19-14-6-5-13(21-2)10-15(14)22-3/h5-6,9-11H,4,7-8H2,1-3H3,(H,19,20)/t11-/m0/s1. The summed E-state index contributed by atoms with van der Waals surface area (Å²) in [5.41, 5.74) is 1.98. The summed E-state index contributed by atoms with van der Waals surface area (Å²) in [5, 5.41) is 2.94.